The second-order valence-corrected chi connectivity index (χ2v) is 6.97. The molecule has 2 aromatic carbocycles. The van der Waals surface area contributed by atoms with Crippen LogP contribution in [0.25, 0.3) is 6.08 Å². The van der Waals surface area contributed by atoms with Gasteiger partial charge in [0.15, 0.2) is 0 Å². The van der Waals surface area contributed by atoms with E-state index < -0.39 is 5.91 Å². The summed E-state index contributed by atoms with van der Waals surface area (Å²) >= 11 is 11.9. The molecule has 0 unspecified atom stereocenters. The number of benzene rings is 2. The van der Waals surface area contributed by atoms with Crippen molar-refractivity contribution in [2.24, 2.45) is 7.05 Å². The fourth-order valence-corrected chi connectivity index (χ4v) is 3.01. The molecule has 0 saturated carbocycles. The van der Waals surface area contributed by atoms with Gasteiger partial charge in [0.2, 0.25) is 0 Å². The molecule has 0 spiro atoms. The normalized spacial score (nSPS) is 11.0. The number of nitrogens with zero attached hydrogens (tertiary/aromatic N) is 3. The summed E-state index contributed by atoms with van der Waals surface area (Å²) in [6.07, 6.45) is 5.04. The lowest BCUT2D eigenvalue weighted by atomic mass is 10.1. The zero-order valence-electron chi connectivity index (χ0n) is 15.4. The molecule has 0 saturated heterocycles. The number of nitriles is 1. The molecular weight excluding hydrogens is 411 g/mol. The lowest BCUT2D eigenvalue weighted by molar-refractivity contribution is -0.112. The Labute approximate surface area is 178 Å². The van der Waals surface area contributed by atoms with Gasteiger partial charge >= 0.3 is 0 Å². The van der Waals surface area contributed by atoms with Crippen LogP contribution in [0.4, 0.5) is 5.69 Å². The van der Waals surface area contributed by atoms with E-state index in [2.05, 4.69) is 10.3 Å². The monoisotopic (exact) mass is 426 g/mol. The third kappa shape index (κ3) is 5.61. The Kier molecular flexibility index (Phi) is 6.55. The highest BCUT2D eigenvalue weighted by molar-refractivity contribution is 6.35. The number of ether oxygens (including phenoxy) is 1. The summed E-state index contributed by atoms with van der Waals surface area (Å²) in [7, 11) is 1.89. The molecule has 0 aliphatic rings. The highest BCUT2D eigenvalue weighted by Crippen LogP contribution is 2.23. The molecule has 146 valence electrons. The van der Waals surface area contributed by atoms with Crippen molar-refractivity contribution >= 4 is 40.9 Å². The number of halogens is 2. The standard InChI is InChI=1S/C21H16Cl2N4O2/c1-27-7-6-25-20(27)13-29-19-4-2-14(3-5-19)8-15(12-24)21(28)26-18-10-16(22)9-17(23)11-18/h2-11H,13H2,1H3,(H,26,28)/b15-8-. The maximum absolute atomic E-state index is 12.4. The predicted molar refractivity (Wildman–Crippen MR) is 113 cm³/mol. The van der Waals surface area contributed by atoms with Crippen LogP contribution < -0.4 is 10.1 Å². The van der Waals surface area contributed by atoms with Gasteiger partial charge in [-0.1, -0.05) is 35.3 Å². The predicted octanol–water partition coefficient (Wildman–Crippen LogP) is 4.85. The van der Waals surface area contributed by atoms with E-state index in [9.17, 15) is 10.1 Å². The van der Waals surface area contributed by atoms with Crippen molar-refractivity contribution in [3.05, 3.63) is 81.9 Å². The summed E-state index contributed by atoms with van der Waals surface area (Å²) in [5.41, 5.74) is 1.04. The molecular formula is C21H16Cl2N4O2. The molecule has 0 aliphatic heterocycles. The number of hydrogen-bond donors (Lipinski definition) is 1. The molecule has 1 amide bonds. The first-order chi connectivity index (χ1) is 13.9. The van der Waals surface area contributed by atoms with Crippen LogP contribution in [-0.4, -0.2) is 15.5 Å². The van der Waals surface area contributed by atoms with Crippen LogP contribution in [0.1, 0.15) is 11.4 Å². The van der Waals surface area contributed by atoms with E-state index in [1.165, 1.54) is 6.08 Å². The molecule has 3 aromatic rings. The Bertz CT molecular complexity index is 1080. The molecule has 1 N–H and O–H groups in total. The smallest absolute Gasteiger partial charge is 0.266 e. The number of aromatic nitrogens is 2. The number of imidazole rings is 1. The summed E-state index contributed by atoms with van der Waals surface area (Å²) < 4.78 is 7.57. The Morgan fingerprint density at radius 2 is 1.93 bits per heavy atom. The van der Waals surface area contributed by atoms with E-state index in [0.29, 0.717) is 33.7 Å². The maximum Gasteiger partial charge on any atom is 0.266 e. The van der Waals surface area contributed by atoms with Gasteiger partial charge in [0, 0.05) is 35.2 Å². The average Bonchev–Trinajstić information content (AvgIpc) is 3.09. The third-order valence-corrected chi connectivity index (χ3v) is 4.40. The van der Waals surface area contributed by atoms with E-state index in [-0.39, 0.29) is 5.57 Å². The van der Waals surface area contributed by atoms with Crippen molar-refractivity contribution in [2.75, 3.05) is 5.32 Å². The van der Waals surface area contributed by atoms with Crippen molar-refractivity contribution in [2.45, 2.75) is 6.61 Å². The Morgan fingerprint density at radius 3 is 2.52 bits per heavy atom. The van der Waals surface area contributed by atoms with Gasteiger partial charge in [0.25, 0.3) is 5.91 Å². The number of amides is 1. The number of carbonyl (C=O) groups is 1. The first kappa shape index (κ1) is 20.5. The van der Waals surface area contributed by atoms with Crippen LogP contribution >= 0.6 is 23.2 Å². The van der Waals surface area contributed by atoms with Crippen molar-refractivity contribution in [1.29, 1.82) is 5.26 Å². The molecule has 0 bridgehead atoms. The summed E-state index contributed by atoms with van der Waals surface area (Å²) in [6.45, 7) is 0.340. The molecule has 1 heterocycles. The van der Waals surface area contributed by atoms with Gasteiger partial charge in [-0.05, 0) is 42.0 Å². The quantitative estimate of drug-likeness (QED) is 0.451. The number of nitrogens with one attached hydrogen (secondary N) is 1. The fourth-order valence-electron chi connectivity index (χ4n) is 2.48. The van der Waals surface area contributed by atoms with E-state index in [4.69, 9.17) is 27.9 Å². The van der Waals surface area contributed by atoms with Crippen molar-refractivity contribution in [1.82, 2.24) is 9.55 Å². The minimum atomic E-state index is -0.555. The van der Waals surface area contributed by atoms with Gasteiger partial charge in [-0.2, -0.15) is 5.26 Å². The molecule has 6 nitrogen and oxygen atoms in total. The molecule has 0 fully saturated rings. The zero-order valence-corrected chi connectivity index (χ0v) is 16.9. The summed E-state index contributed by atoms with van der Waals surface area (Å²) in [5, 5.41) is 12.7. The van der Waals surface area contributed by atoms with Gasteiger partial charge in [-0.3, -0.25) is 4.79 Å². The lowest BCUT2D eigenvalue weighted by Crippen LogP contribution is -2.13. The summed E-state index contributed by atoms with van der Waals surface area (Å²) in [5.74, 6) is 0.904. The van der Waals surface area contributed by atoms with Crippen molar-refractivity contribution < 1.29 is 9.53 Å². The Morgan fingerprint density at radius 1 is 1.24 bits per heavy atom. The minimum absolute atomic E-state index is 0.0530. The minimum Gasteiger partial charge on any atom is -0.486 e. The van der Waals surface area contributed by atoms with Crippen molar-refractivity contribution in [3.8, 4) is 11.8 Å². The molecule has 29 heavy (non-hydrogen) atoms. The molecule has 8 heteroatoms. The van der Waals surface area contributed by atoms with E-state index in [1.807, 2.05) is 23.9 Å². The molecule has 0 aliphatic carbocycles. The molecule has 0 radical (unpaired) electrons. The maximum atomic E-state index is 12.4. The number of anilines is 1. The van der Waals surface area contributed by atoms with Crippen LogP contribution in [0.2, 0.25) is 10.0 Å². The van der Waals surface area contributed by atoms with Crippen LogP contribution in [-0.2, 0) is 18.4 Å². The summed E-state index contributed by atoms with van der Waals surface area (Å²) in [4.78, 5) is 16.6. The Hall–Kier alpha value is -3.27. The number of aryl methyl sites for hydroxylation is 1. The third-order valence-electron chi connectivity index (χ3n) is 3.97. The zero-order chi connectivity index (χ0) is 20.8. The molecule has 0 atom stereocenters. The van der Waals surface area contributed by atoms with Gasteiger partial charge in [0.05, 0.1) is 0 Å². The van der Waals surface area contributed by atoms with Crippen LogP contribution in [0.15, 0.2) is 60.4 Å². The van der Waals surface area contributed by atoms with E-state index in [0.717, 1.165) is 5.82 Å². The number of rotatable bonds is 6. The van der Waals surface area contributed by atoms with E-state index >= 15 is 0 Å². The van der Waals surface area contributed by atoms with Crippen LogP contribution in [0.3, 0.4) is 0 Å². The number of hydrogen-bond acceptors (Lipinski definition) is 4. The van der Waals surface area contributed by atoms with Crippen LogP contribution in [0, 0.1) is 11.3 Å². The molecule has 3 rings (SSSR count). The van der Waals surface area contributed by atoms with Crippen LogP contribution in [0.5, 0.6) is 5.75 Å². The number of carbonyl (C=O) groups excluding carboxylic acids is 1. The second-order valence-electron chi connectivity index (χ2n) is 6.09. The Balaban J connectivity index is 1.67. The molecule has 1 aromatic heterocycles. The lowest BCUT2D eigenvalue weighted by Gasteiger charge is -2.07. The average molecular weight is 427 g/mol. The topological polar surface area (TPSA) is 79.9 Å². The van der Waals surface area contributed by atoms with Gasteiger partial charge < -0.3 is 14.6 Å². The SMILES string of the molecule is Cn1ccnc1COc1ccc(/C=C(/C#N)C(=O)Nc2cc(Cl)cc(Cl)c2)cc1. The first-order valence-electron chi connectivity index (χ1n) is 8.53. The second kappa shape index (κ2) is 9.28. The van der Waals surface area contributed by atoms with E-state index in [1.54, 1.807) is 48.7 Å². The van der Waals surface area contributed by atoms with Gasteiger partial charge in [-0.15, -0.1) is 0 Å². The fraction of sp³-hybridized carbons (Fsp3) is 0.0952. The highest BCUT2D eigenvalue weighted by atomic mass is 35.5. The van der Waals surface area contributed by atoms with Gasteiger partial charge in [0.1, 0.15) is 29.8 Å². The first-order valence-corrected chi connectivity index (χ1v) is 9.28. The summed E-state index contributed by atoms with van der Waals surface area (Å²) in [6, 6.07) is 13.6. The van der Waals surface area contributed by atoms with Gasteiger partial charge in [-0.25, -0.2) is 4.98 Å². The largest absolute Gasteiger partial charge is 0.486 e. The highest BCUT2D eigenvalue weighted by Gasteiger charge is 2.11. The van der Waals surface area contributed by atoms with Crippen molar-refractivity contribution in [3.63, 3.8) is 0 Å².